The topological polar surface area (TPSA) is 545 Å². The molecule has 772 valence electrons. The molecular formula is C103H126Cl2N8O30. The molecule has 10 aliphatic rings. The third-order valence-corrected chi connectivity index (χ3v) is 26.5. The van der Waals surface area contributed by atoms with Crippen LogP contribution in [0.15, 0.2) is 103 Å². The third kappa shape index (κ3) is 27.0. The number of phenolic OH excluding ortho intramolecular Hbond substituents is 3. The molecule has 40 heteroatoms. The van der Waals surface area contributed by atoms with Gasteiger partial charge in [0, 0.05) is 62.0 Å². The molecule has 6 aromatic rings. The minimum atomic E-state index is -2.36. The summed E-state index contributed by atoms with van der Waals surface area (Å²) in [7, 11) is 1.26. The zero-order valence-corrected chi connectivity index (χ0v) is 83.7. The number of rotatable bonds is 22. The molecule has 16 rings (SSSR count). The fourth-order valence-corrected chi connectivity index (χ4v) is 20.1. The molecule has 38 nitrogen and oxygen atoms in total. The number of phenols is 3. The molecule has 0 unspecified atom stereocenters. The second-order valence-corrected chi connectivity index (χ2v) is 43.1. The number of esters is 2. The molecule has 14 N–H and O–H groups in total. The number of nitrogens with zero attached hydrogens (tertiary/aromatic N) is 2. The highest BCUT2D eigenvalue weighted by Crippen LogP contribution is 2.59. The summed E-state index contributed by atoms with van der Waals surface area (Å²) in [6, 6.07) is 8.78. The lowest BCUT2D eigenvalue weighted by Gasteiger charge is -2.54. The number of carbonyl (C=O) groups excluding carboxylic acids is 13. The van der Waals surface area contributed by atoms with E-state index in [4.69, 9.17) is 65.8 Å². The first kappa shape index (κ1) is 108. The fourth-order valence-electron chi connectivity index (χ4n) is 19.6. The molecule has 0 radical (unpaired) electrons. The normalized spacial score (nSPS) is 25.1. The highest BCUT2D eigenvalue weighted by molar-refractivity contribution is 6.32. The summed E-state index contributed by atoms with van der Waals surface area (Å²) in [5.41, 5.74) is -5.99. The maximum Gasteiger partial charge on any atom is 0.410 e. The van der Waals surface area contributed by atoms with Crippen molar-refractivity contribution in [2.75, 3.05) is 32.1 Å². The number of amides is 9. The van der Waals surface area contributed by atoms with Crippen molar-refractivity contribution in [2.45, 2.75) is 275 Å². The van der Waals surface area contributed by atoms with Gasteiger partial charge in [-0.05, 0) is 270 Å². The van der Waals surface area contributed by atoms with Crippen LogP contribution in [0.5, 0.6) is 51.7 Å². The fraction of sp³-hybridized carbons (Fsp3) is 0.524. The van der Waals surface area contributed by atoms with Crippen molar-refractivity contribution in [3.8, 4) is 62.9 Å². The van der Waals surface area contributed by atoms with Crippen LogP contribution < -0.4 is 50.8 Å². The molecule has 6 aliphatic heterocycles. The number of hydrogen-bond acceptors (Lipinski definition) is 30. The van der Waals surface area contributed by atoms with Gasteiger partial charge >= 0.3 is 30.2 Å². The predicted molar refractivity (Wildman–Crippen MR) is 515 cm³/mol. The lowest BCUT2D eigenvalue weighted by Crippen LogP contribution is -2.59. The Bertz CT molecular complexity index is 5820. The van der Waals surface area contributed by atoms with Gasteiger partial charge in [-0.25, -0.2) is 14.4 Å². The molecule has 5 fully saturated rings. The number of aliphatic hydroxyl groups excluding tert-OH is 5. The first-order valence-electron chi connectivity index (χ1n) is 47.7. The number of ketones is 3. The van der Waals surface area contributed by atoms with Gasteiger partial charge in [0.15, 0.2) is 28.8 Å². The molecular weight excluding hydrogens is 1900 g/mol. The molecule has 6 heterocycles. The number of anilines is 1. The van der Waals surface area contributed by atoms with E-state index in [0.29, 0.717) is 11.8 Å². The molecule has 0 aromatic heterocycles. The highest BCUT2D eigenvalue weighted by Gasteiger charge is 2.52. The van der Waals surface area contributed by atoms with Crippen LogP contribution in [-0.2, 0) is 71.6 Å². The molecule has 9 amide bonds. The van der Waals surface area contributed by atoms with E-state index in [1.54, 1.807) is 96.9 Å². The number of ether oxygens (including phenoxy) is 9. The number of imide groups is 1. The number of hydrogen-bond donors (Lipinski definition) is 14. The van der Waals surface area contributed by atoms with E-state index in [1.165, 1.54) is 67.7 Å². The number of urea groups is 1. The summed E-state index contributed by atoms with van der Waals surface area (Å²) in [6.45, 7) is 22.1. The van der Waals surface area contributed by atoms with E-state index >= 15 is 38.4 Å². The van der Waals surface area contributed by atoms with Crippen LogP contribution in [0.4, 0.5) is 20.1 Å². The molecule has 14 atom stereocenters. The number of likely N-dealkylation sites (N-methyl/N-ethyl adjacent to an activating group) is 1. The molecule has 0 spiro atoms. The van der Waals surface area contributed by atoms with E-state index in [1.807, 2.05) is 0 Å². The van der Waals surface area contributed by atoms with Gasteiger partial charge in [0.1, 0.15) is 131 Å². The zero-order chi connectivity index (χ0) is 104. The Morgan fingerprint density at radius 1 is 0.573 bits per heavy atom. The Morgan fingerprint density at radius 3 is 1.74 bits per heavy atom. The largest absolute Gasteiger partial charge is 0.508 e. The molecule has 4 aliphatic carbocycles. The van der Waals surface area contributed by atoms with Crippen molar-refractivity contribution in [3.63, 3.8) is 0 Å². The molecule has 4 saturated carbocycles. The minimum Gasteiger partial charge on any atom is -0.508 e. The summed E-state index contributed by atoms with van der Waals surface area (Å²) in [4.78, 5) is 197. The van der Waals surface area contributed by atoms with Crippen LogP contribution in [0.1, 0.15) is 232 Å². The van der Waals surface area contributed by atoms with Crippen molar-refractivity contribution in [1.82, 2.24) is 36.4 Å². The van der Waals surface area contributed by atoms with Crippen LogP contribution in [0.3, 0.4) is 0 Å². The average molecular weight is 2030 g/mol. The number of benzene rings is 6. The second kappa shape index (κ2) is 44.0. The van der Waals surface area contributed by atoms with Gasteiger partial charge < -0.3 is 110 Å². The minimum absolute atomic E-state index is 0.0215. The lowest BCUT2D eigenvalue weighted by molar-refractivity contribution is -0.273. The van der Waals surface area contributed by atoms with Gasteiger partial charge in [-0.1, -0.05) is 55.2 Å². The molecule has 15 bridgehead atoms. The summed E-state index contributed by atoms with van der Waals surface area (Å²) in [6.07, 6.45) is -16.3. The van der Waals surface area contributed by atoms with Crippen molar-refractivity contribution in [3.05, 3.63) is 141 Å². The van der Waals surface area contributed by atoms with Crippen LogP contribution in [0.25, 0.3) is 11.1 Å². The van der Waals surface area contributed by atoms with Gasteiger partial charge in [0.25, 0.3) is 0 Å². The van der Waals surface area contributed by atoms with Crippen LogP contribution >= 0.6 is 23.2 Å². The van der Waals surface area contributed by atoms with Crippen molar-refractivity contribution in [1.29, 1.82) is 0 Å². The number of aromatic hydroxyl groups is 3. The molecule has 1 saturated heterocycles. The van der Waals surface area contributed by atoms with Gasteiger partial charge in [0.05, 0.1) is 34.5 Å². The Balaban J connectivity index is 0.953. The van der Waals surface area contributed by atoms with Gasteiger partial charge in [-0.15, -0.1) is 0 Å². The SMILES string of the molecule is CC(C)C[C@H](C(=O)N[C@H]1C(=O)C[C@@H](CC(=O)NC(=O)Nc2ccc(OCCN(CC(=O)OC(C)(C)C)C(=O)OC(C)(C)C)cc2)C(=O)N[C@H]2C(=O)C[C@H]3C(=O)N[C@H](C(=O)N[C@H](C(=O)CC4C5CC6CC(C5)CC4C6)c4cc(O)cc(O)c4-c4cc3ccc4O)[C@H](O)c3ccc(c(Cl)c3)Oc3cc2cc(c3O[C@@H]2O[C@H](CCC(=O)OC(C)(C)C)[C@@H](O)[C@H](O)[C@H]2O)Oc2ccc(cc2Cl)[C@H]1O)N(C)C(=O)OC(C)(C)C. The van der Waals surface area contributed by atoms with Crippen LogP contribution in [0, 0.1) is 41.4 Å². The number of aliphatic hydroxyl groups is 5. The maximum atomic E-state index is 16.9. The smallest absolute Gasteiger partial charge is 0.410 e. The Labute approximate surface area is 836 Å². The first-order chi connectivity index (χ1) is 67.0. The van der Waals surface area contributed by atoms with Gasteiger partial charge in [-0.3, -0.25) is 63.1 Å². The number of halogens is 2. The quantitative estimate of drug-likeness (QED) is 0.0222. The van der Waals surface area contributed by atoms with Crippen LogP contribution in [-0.4, -0.2) is 226 Å². The summed E-state index contributed by atoms with van der Waals surface area (Å²) >= 11 is 14.6. The summed E-state index contributed by atoms with van der Waals surface area (Å²) in [5, 5.41) is 112. The van der Waals surface area contributed by atoms with E-state index in [-0.39, 0.29) is 101 Å². The van der Waals surface area contributed by atoms with Crippen molar-refractivity contribution < 1.29 is 146 Å². The van der Waals surface area contributed by atoms with Crippen LogP contribution in [0.2, 0.25) is 10.0 Å². The van der Waals surface area contributed by atoms with Crippen molar-refractivity contribution in [2.24, 2.45) is 41.4 Å². The number of carbonyl (C=O) groups is 13. The monoisotopic (exact) mass is 2020 g/mol. The lowest BCUT2D eigenvalue weighted by atomic mass is 9.51. The zero-order valence-electron chi connectivity index (χ0n) is 82.2. The number of fused-ring (bicyclic) bond motifs is 15. The van der Waals surface area contributed by atoms with E-state index in [0.717, 1.165) is 84.4 Å². The standard InChI is InChI=1S/C103H126Cl2N8O30/c1-48(2)30-67(112(15)98(133)142-102(9,10)11)94(130)110-84-70(117)39-57(42-78(120)107-97(132)106-58-19-21-60(22-20-58)135-29-28-113(99(134)143-103(12,13)14)47-80(122)141-101(6,7)8)92(128)108-82-56-40-76(136-73-24-17-52(86(84)123)37-65(73)104)91(139-96-90(127)89(126)88(125)75(138-96)26-27-79(121)140-100(3,4)5)77(41-56)137-74-25-18-53(38-66(74)105)87(124)85-95(131)109-83(72(119)45-61-54-32-49-31-50(34-54)35-55(61)33-49)64-43-59(114)44-69(116)81(64)63-36-51(16-23-68(63)115)62(46-71(82)118)93(129)111-85/h16-25,36-38,40-41,43-44,48-50,54-55,57,61-62,67,75,82-90,96,114-116,123-127H,26-35,39,42,45-47H2,1-15H3,(H,108,128)(H,109,131)(H,110,130)(H,111,129)(H2,106,107,120,132)/t49?,50?,54?,55?,57-,61?,62+,67+,75+,82+,83-,84-,85-,86+,87+,88+,89-,90+,96-/m0/s1. The third-order valence-electron chi connectivity index (χ3n) is 25.9. The van der Waals surface area contributed by atoms with E-state index < -0.39 is 278 Å². The van der Waals surface area contributed by atoms with E-state index in [9.17, 15) is 64.8 Å². The predicted octanol–water partition coefficient (Wildman–Crippen LogP) is 12.4. The average Bonchev–Trinajstić information content (AvgIpc) is 0.756. The Kier molecular flexibility index (Phi) is 33.2. The van der Waals surface area contributed by atoms with Gasteiger partial charge in [-0.2, -0.15) is 0 Å². The molecule has 143 heavy (non-hydrogen) atoms. The van der Waals surface area contributed by atoms with Gasteiger partial charge in [0.2, 0.25) is 41.6 Å². The first-order valence-corrected chi connectivity index (χ1v) is 48.5. The van der Waals surface area contributed by atoms with E-state index in [2.05, 4.69) is 31.9 Å². The Hall–Kier alpha value is -12.4. The summed E-state index contributed by atoms with van der Waals surface area (Å²) in [5.74, 6) is -19.0. The number of Topliss-reactive ketones (excluding diaryl/α,β-unsaturated/α-hetero) is 3. The maximum absolute atomic E-state index is 16.9. The molecule has 6 aromatic carbocycles. The highest BCUT2D eigenvalue weighted by atomic mass is 35.5. The summed E-state index contributed by atoms with van der Waals surface area (Å²) < 4.78 is 54.5. The number of nitrogens with one attached hydrogen (secondary N) is 6. The second-order valence-electron chi connectivity index (χ2n) is 42.3. The van der Waals surface area contributed by atoms with Crippen molar-refractivity contribution >= 4 is 106 Å². The Morgan fingerprint density at radius 2 is 1.15 bits per heavy atom.